The van der Waals surface area contributed by atoms with Crippen LogP contribution < -0.4 is 15.4 Å². The number of benzene rings is 2. The summed E-state index contributed by atoms with van der Waals surface area (Å²) in [6, 6.07) is 16.7. The second-order valence-electron chi connectivity index (χ2n) is 7.96. The molecule has 1 aliphatic rings. The van der Waals surface area contributed by atoms with E-state index in [0.717, 1.165) is 45.4 Å². The number of nitrogens with one attached hydrogen (secondary N) is 3. The zero-order chi connectivity index (χ0) is 24.3. The molecule has 0 radical (unpaired) electrons. The first kappa shape index (κ1) is 22.9. The number of para-hydroxylation sites is 1. The van der Waals surface area contributed by atoms with Crippen molar-refractivity contribution in [2.45, 2.75) is 6.10 Å². The number of anilines is 3. The summed E-state index contributed by atoms with van der Waals surface area (Å²) in [6.45, 7) is 5.46. The van der Waals surface area contributed by atoms with Crippen LogP contribution >= 0.6 is 0 Å². The van der Waals surface area contributed by atoms with E-state index in [9.17, 15) is 8.42 Å². The quantitative estimate of drug-likeness (QED) is 0.358. The minimum atomic E-state index is -3.61. The predicted octanol–water partition coefficient (Wildman–Crippen LogP) is 3.98. The summed E-state index contributed by atoms with van der Waals surface area (Å²) in [5.41, 5.74) is 4.40. The van der Waals surface area contributed by atoms with Crippen LogP contribution in [0.2, 0.25) is 0 Å². The Morgan fingerprint density at radius 1 is 1.11 bits per heavy atom. The highest BCUT2D eigenvalue weighted by molar-refractivity contribution is 7.95. The maximum atomic E-state index is 11.9. The van der Waals surface area contributed by atoms with Gasteiger partial charge in [0.1, 0.15) is 6.10 Å². The minimum Gasteiger partial charge on any atom is -0.369 e. The van der Waals surface area contributed by atoms with E-state index in [0.29, 0.717) is 24.8 Å². The Morgan fingerprint density at radius 2 is 2.00 bits per heavy atom. The number of morpholine rings is 1. The van der Waals surface area contributed by atoms with Crippen LogP contribution in [0.15, 0.2) is 79.0 Å². The fourth-order valence-electron chi connectivity index (χ4n) is 3.95. The van der Waals surface area contributed by atoms with Gasteiger partial charge < -0.3 is 15.4 Å². The summed E-state index contributed by atoms with van der Waals surface area (Å²) in [7, 11) is -3.61. The van der Waals surface area contributed by atoms with Crippen molar-refractivity contribution in [3.8, 4) is 11.1 Å². The number of aromatic nitrogens is 3. The molecular weight excluding hydrogens is 464 g/mol. The highest BCUT2D eigenvalue weighted by Gasteiger charge is 2.21. The highest BCUT2D eigenvalue weighted by atomic mass is 32.2. The molecule has 0 amide bonds. The first-order chi connectivity index (χ1) is 17.0. The number of hydrogen-bond donors (Lipinski definition) is 3. The predicted molar refractivity (Wildman–Crippen MR) is 137 cm³/mol. The van der Waals surface area contributed by atoms with Crippen LogP contribution in [0.4, 0.5) is 17.3 Å². The SMILES string of the molecule is C=CS(=O)(=O)Nc1cccc(-c2cccc3cnc(Nc4cccnc4C4CNCCO4)nc23)c1. The molecule has 2 aromatic heterocycles. The average Bonchev–Trinajstić information content (AvgIpc) is 2.89. The van der Waals surface area contributed by atoms with Gasteiger partial charge in [0.2, 0.25) is 5.95 Å². The summed E-state index contributed by atoms with van der Waals surface area (Å²) in [6.07, 6.45) is 3.34. The maximum absolute atomic E-state index is 11.9. The molecule has 1 fully saturated rings. The highest BCUT2D eigenvalue weighted by Crippen LogP contribution is 2.31. The maximum Gasteiger partial charge on any atom is 0.254 e. The van der Waals surface area contributed by atoms with E-state index in [1.807, 2.05) is 36.4 Å². The van der Waals surface area contributed by atoms with Gasteiger partial charge in [0.15, 0.2) is 0 Å². The first-order valence-electron chi connectivity index (χ1n) is 11.1. The lowest BCUT2D eigenvalue weighted by Crippen LogP contribution is -2.34. The molecule has 5 rings (SSSR count). The van der Waals surface area contributed by atoms with E-state index in [4.69, 9.17) is 9.72 Å². The van der Waals surface area contributed by atoms with Gasteiger partial charge in [-0.2, -0.15) is 0 Å². The Labute approximate surface area is 203 Å². The number of hydrogen-bond acceptors (Lipinski definition) is 8. The molecule has 0 saturated carbocycles. The van der Waals surface area contributed by atoms with Gasteiger partial charge in [-0.3, -0.25) is 9.71 Å². The zero-order valence-electron chi connectivity index (χ0n) is 18.8. The number of ether oxygens (including phenoxy) is 1. The Morgan fingerprint density at radius 3 is 2.83 bits per heavy atom. The molecule has 2 aromatic carbocycles. The van der Waals surface area contributed by atoms with Gasteiger partial charge in [-0.15, -0.1) is 0 Å². The van der Waals surface area contributed by atoms with Crippen LogP contribution in [0.25, 0.3) is 22.0 Å². The number of sulfonamides is 1. The van der Waals surface area contributed by atoms with Crippen LogP contribution in [0, 0.1) is 0 Å². The van der Waals surface area contributed by atoms with Gasteiger partial charge in [0.05, 0.1) is 23.5 Å². The fourth-order valence-corrected chi connectivity index (χ4v) is 4.49. The van der Waals surface area contributed by atoms with Crippen molar-refractivity contribution in [1.29, 1.82) is 0 Å². The minimum absolute atomic E-state index is 0.162. The van der Waals surface area contributed by atoms with Crippen molar-refractivity contribution < 1.29 is 13.2 Å². The van der Waals surface area contributed by atoms with Gasteiger partial charge in [0, 0.05) is 47.5 Å². The molecule has 9 nitrogen and oxygen atoms in total. The van der Waals surface area contributed by atoms with Crippen LogP contribution in [-0.2, 0) is 14.8 Å². The van der Waals surface area contributed by atoms with Crippen molar-refractivity contribution >= 4 is 38.2 Å². The van der Waals surface area contributed by atoms with E-state index < -0.39 is 10.0 Å². The zero-order valence-corrected chi connectivity index (χ0v) is 19.6. The van der Waals surface area contributed by atoms with Gasteiger partial charge in [-0.1, -0.05) is 36.9 Å². The molecule has 178 valence electrons. The topological polar surface area (TPSA) is 118 Å². The van der Waals surface area contributed by atoms with E-state index in [1.165, 1.54) is 0 Å². The molecule has 1 saturated heterocycles. The molecule has 4 aromatic rings. The lowest BCUT2D eigenvalue weighted by atomic mass is 10.0. The summed E-state index contributed by atoms with van der Waals surface area (Å²) >= 11 is 0. The van der Waals surface area contributed by atoms with Gasteiger partial charge in [-0.25, -0.2) is 18.4 Å². The molecule has 0 aliphatic carbocycles. The third kappa shape index (κ3) is 5.14. The molecule has 3 N–H and O–H groups in total. The van der Waals surface area contributed by atoms with E-state index in [2.05, 4.69) is 31.9 Å². The van der Waals surface area contributed by atoms with E-state index >= 15 is 0 Å². The summed E-state index contributed by atoms with van der Waals surface area (Å²) in [5, 5.41) is 8.36. The monoisotopic (exact) mass is 488 g/mol. The largest absolute Gasteiger partial charge is 0.369 e. The number of rotatable bonds is 7. The molecule has 1 atom stereocenters. The molecule has 1 aliphatic heterocycles. The second-order valence-corrected chi connectivity index (χ2v) is 9.58. The molecule has 10 heteroatoms. The van der Waals surface area contributed by atoms with Crippen molar-refractivity contribution in [2.24, 2.45) is 0 Å². The number of nitrogens with zero attached hydrogens (tertiary/aromatic N) is 3. The summed E-state index contributed by atoms with van der Waals surface area (Å²) in [5.74, 6) is 0.423. The van der Waals surface area contributed by atoms with Crippen molar-refractivity contribution in [3.05, 3.63) is 84.7 Å². The Bertz CT molecular complexity index is 1490. The number of fused-ring (bicyclic) bond motifs is 1. The van der Waals surface area contributed by atoms with Crippen LogP contribution in [-0.4, -0.2) is 43.1 Å². The lowest BCUT2D eigenvalue weighted by Gasteiger charge is -2.24. The van der Waals surface area contributed by atoms with Gasteiger partial charge in [0.25, 0.3) is 10.0 Å². The average molecular weight is 489 g/mol. The standard InChI is InChI=1S/C25H24N6O3S/c1-2-35(32,33)31-19-8-3-6-17(14-19)20-9-4-7-18-15-28-25(30-23(18)20)29-21-10-5-11-27-24(21)22-16-26-12-13-34-22/h2-11,14-15,22,26,31H,1,12-13,16H2,(H,28,29,30). The van der Waals surface area contributed by atoms with E-state index in [1.54, 1.807) is 30.6 Å². The Hall–Kier alpha value is -3.86. The van der Waals surface area contributed by atoms with Gasteiger partial charge >= 0.3 is 0 Å². The second kappa shape index (κ2) is 9.79. The van der Waals surface area contributed by atoms with Crippen LogP contribution in [0.3, 0.4) is 0 Å². The van der Waals surface area contributed by atoms with Crippen molar-refractivity contribution in [3.63, 3.8) is 0 Å². The lowest BCUT2D eigenvalue weighted by molar-refractivity contribution is 0.0255. The normalized spacial score (nSPS) is 16.1. The molecule has 0 bridgehead atoms. The summed E-state index contributed by atoms with van der Waals surface area (Å²) in [4.78, 5) is 13.8. The molecule has 3 heterocycles. The summed E-state index contributed by atoms with van der Waals surface area (Å²) < 4.78 is 32.2. The van der Waals surface area contributed by atoms with Crippen LogP contribution in [0.1, 0.15) is 11.8 Å². The molecule has 0 spiro atoms. The smallest absolute Gasteiger partial charge is 0.254 e. The molecular formula is C25H24N6O3S. The fraction of sp³-hybridized carbons (Fsp3) is 0.160. The molecule has 1 unspecified atom stereocenters. The Balaban J connectivity index is 1.50. The first-order valence-corrected chi connectivity index (χ1v) is 12.6. The van der Waals surface area contributed by atoms with Crippen molar-refractivity contribution in [2.75, 3.05) is 29.7 Å². The third-order valence-electron chi connectivity index (χ3n) is 5.58. The third-order valence-corrected chi connectivity index (χ3v) is 6.54. The Kier molecular flexibility index (Phi) is 6.41. The number of pyridine rings is 1. The van der Waals surface area contributed by atoms with E-state index in [-0.39, 0.29) is 6.10 Å². The van der Waals surface area contributed by atoms with Gasteiger partial charge in [-0.05, 0) is 29.8 Å². The van der Waals surface area contributed by atoms with Crippen LogP contribution in [0.5, 0.6) is 0 Å². The van der Waals surface area contributed by atoms with Crippen molar-refractivity contribution in [1.82, 2.24) is 20.3 Å². The molecule has 35 heavy (non-hydrogen) atoms.